The molecule has 2 aromatic rings. The molecule has 0 saturated carbocycles. The molecule has 0 N–H and O–H groups in total. The van der Waals surface area contributed by atoms with E-state index in [4.69, 9.17) is 4.74 Å². The van der Waals surface area contributed by atoms with Crippen molar-refractivity contribution in [1.29, 1.82) is 0 Å². The largest absolute Gasteiger partial charge is 0.497 e. The maximum atomic E-state index is 12.7. The van der Waals surface area contributed by atoms with Crippen molar-refractivity contribution in [3.63, 3.8) is 0 Å². The Labute approximate surface area is 158 Å². The molecule has 2 amide bonds. The first-order chi connectivity index (χ1) is 13.1. The molecule has 0 unspecified atom stereocenters. The summed E-state index contributed by atoms with van der Waals surface area (Å²) in [5.74, 6) is 1.04. The van der Waals surface area contributed by atoms with Crippen molar-refractivity contribution in [2.75, 3.05) is 49.6 Å². The summed E-state index contributed by atoms with van der Waals surface area (Å²) in [7, 11) is 1.57. The Balaban J connectivity index is 1.62. The van der Waals surface area contributed by atoms with Crippen LogP contribution >= 0.6 is 0 Å². The molecule has 142 valence electrons. The van der Waals surface area contributed by atoms with Crippen LogP contribution in [-0.2, 0) is 9.59 Å². The number of methoxy groups -OCH3 is 1. The lowest BCUT2D eigenvalue weighted by Gasteiger charge is -2.35. The number of amides is 2. The van der Waals surface area contributed by atoms with Crippen LogP contribution in [-0.4, -0.2) is 66.5 Å². The molecule has 8 heteroatoms. The minimum absolute atomic E-state index is 0.00430. The number of anilines is 2. The summed E-state index contributed by atoms with van der Waals surface area (Å²) in [6.45, 7) is 3.92. The number of hydrogen-bond acceptors (Lipinski definition) is 6. The number of hydrogen-bond donors (Lipinski definition) is 0. The van der Waals surface area contributed by atoms with E-state index in [1.54, 1.807) is 54.7 Å². The molecule has 3 rings (SSSR count). The molecule has 0 bridgehead atoms. The number of nitrogens with zero attached hydrogens (tertiary/aromatic N) is 5. The normalized spacial score (nSPS) is 14.0. The van der Waals surface area contributed by atoms with Gasteiger partial charge in [0.1, 0.15) is 12.3 Å². The van der Waals surface area contributed by atoms with E-state index in [0.29, 0.717) is 43.6 Å². The van der Waals surface area contributed by atoms with E-state index in [1.165, 1.54) is 11.8 Å². The van der Waals surface area contributed by atoms with Gasteiger partial charge in [0.15, 0.2) is 0 Å². The molecule has 1 fully saturated rings. The fourth-order valence-corrected chi connectivity index (χ4v) is 3.01. The molecule has 1 aromatic carbocycles. The van der Waals surface area contributed by atoms with Gasteiger partial charge < -0.3 is 19.4 Å². The van der Waals surface area contributed by atoms with Crippen LogP contribution in [0.2, 0.25) is 0 Å². The highest BCUT2D eigenvalue weighted by Crippen LogP contribution is 2.21. The second-order valence-corrected chi connectivity index (χ2v) is 6.22. The van der Waals surface area contributed by atoms with E-state index in [9.17, 15) is 9.59 Å². The van der Waals surface area contributed by atoms with E-state index in [2.05, 4.69) is 14.9 Å². The highest BCUT2D eigenvalue weighted by atomic mass is 16.5. The Bertz CT molecular complexity index is 791. The number of piperazine rings is 1. The molecule has 2 heterocycles. The highest BCUT2D eigenvalue weighted by Gasteiger charge is 2.25. The van der Waals surface area contributed by atoms with Crippen molar-refractivity contribution in [3.8, 4) is 5.75 Å². The third-order valence-electron chi connectivity index (χ3n) is 4.51. The van der Waals surface area contributed by atoms with Crippen LogP contribution < -0.4 is 14.5 Å². The summed E-state index contributed by atoms with van der Waals surface area (Å²) in [5.41, 5.74) is 0.645. The van der Waals surface area contributed by atoms with Crippen molar-refractivity contribution in [2.24, 2.45) is 0 Å². The van der Waals surface area contributed by atoms with Gasteiger partial charge in [0.25, 0.3) is 0 Å². The molecule has 0 aliphatic carbocycles. The SMILES string of the molecule is COc1cccc(N(CC(=O)N2CCN(c3ncccn3)CC2)C(C)=O)c1. The minimum atomic E-state index is -0.187. The summed E-state index contributed by atoms with van der Waals surface area (Å²) in [6, 6.07) is 8.92. The van der Waals surface area contributed by atoms with Crippen molar-refractivity contribution in [3.05, 3.63) is 42.7 Å². The molecule has 0 radical (unpaired) electrons. The van der Waals surface area contributed by atoms with Crippen LogP contribution in [0.25, 0.3) is 0 Å². The molecule has 1 aromatic heterocycles. The molecule has 0 spiro atoms. The molecular formula is C19H23N5O3. The van der Waals surface area contributed by atoms with E-state index >= 15 is 0 Å². The maximum absolute atomic E-state index is 12.7. The van der Waals surface area contributed by atoms with Crippen LogP contribution in [0, 0.1) is 0 Å². The van der Waals surface area contributed by atoms with Gasteiger partial charge in [0.05, 0.1) is 7.11 Å². The topological polar surface area (TPSA) is 78.9 Å². The van der Waals surface area contributed by atoms with Gasteiger partial charge in [-0.05, 0) is 18.2 Å². The first-order valence-corrected chi connectivity index (χ1v) is 8.80. The van der Waals surface area contributed by atoms with E-state index in [1.807, 2.05) is 0 Å². The van der Waals surface area contributed by atoms with Gasteiger partial charge in [-0.25, -0.2) is 9.97 Å². The zero-order valence-electron chi connectivity index (χ0n) is 15.5. The third kappa shape index (κ3) is 4.52. The van der Waals surface area contributed by atoms with Crippen molar-refractivity contribution in [2.45, 2.75) is 6.92 Å². The molecule has 1 aliphatic rings. The van der Waals surface area contributed by atoms with Gasteiger partial charge in [-0.1, -0.05) is 6.07 Å². The fourth-order valence-electron chi connectivity index (χ4n) is 3.01. The predicted octanol–water partition coefficient (Wildman–Crippen LogP) is 1.19. The number of ether oxygens (including phenoxy) is 1. The summed E-state index contributed by atoms with van der Waals surface area (Å²) < 4.78 is 5.21. The molecule has 1 aliphatic heterocycles. The lowest BCUT2D eigenvalue weighted by Crippen LogP contribution is -2.52. The summed E-state index contributed by atoms with van der Waals surface area (Å²) in [4.78, 5) is 38.6. The standard InChI is InChI=1S/C19H23N5O3/c1-15(25)24(16-5-3-6-17(13-16)27-2)14-18(26)22-9-11-23(12-10-22)19-20-7-4-8-21-19/h3-8,13H,9-12,14H2,1-2H3. The molecule has 27 heavy (non-hydrogen) atoms. The Morgan fingerprint density at radius 3 is 2.44 bits per heavy atom. The van der Waals surface area contributed by atoms with Gasteiger partial charge in [-0.2, -0.15) is 0 Å². The van der Waals surface area contributed by atoms with Gasteiger partial charge in [0.2, 0.25) is 17.8 Å². The summed E-state index contributed by atoms with van der Waals surface area (Å²) in [5, 5.41) is 0. The smallest absolute Gasteiger partial charge is 0.242 e. The zero-order valence-corrected chi connectivity index (χ0v) is 15.5. The van der Waals surface area contributed by atoms with Crippen LogP contribution in [0.3, 0.4) is 0 Å². The fraction of sp³-hybridized carbons (Fsp3) is 0.368. The van der Waals surface area contributed by atoms with E-state index in [-0.39, 0.29) is 18.4 Å². The lowest BCUT2D eigenvalue weighted by atomic mass is 10.2. The average Bonchev–Trinajstić information content (AvgIpc) is 2.72. The zero-order chi connectivity index (χ0) is 19.2. The second-order valence-electron chi connectivity index (χ2n) is 6.22. The Morgan fingerprint density at radius 1 is 1.11 bits per heavy atom. The third-order valence-corrected chi connectivity index (χ3v) is 4.51. The van der Waals surface area contributed by atoms with Gasteiger partial charge in [0, 0.05) is 57.3 Å². The van der Waals surface area contributed by atoms with Gasteiger partial charge >= 0.3 is 0 Å². The molecule has 0 atom stereocenters. The number of carbonyl (C=O) groups is 2. The predicted molar refractivity (Wildman–Crippen MR) is 102 cm³/mol. The number of carbonyl (C=O) groups excluding carboxylic acids is 2. The quantitative estimate of drug-likeness (QED) is 0.788. The average molecular weight is 369 g/mol. The molecule has 8 nitrogen and oxygen atoms in total. The number of benzene rings is 1. The Kier molecular flexibility index (Phi) is 5.85. The highest BCUT2D eigenvalue weighted by molar-refractivity contribution is 5.97. The monoisotopic (exact) mass is 369 g/mol. The van der Waals surface area contributed by atoms with Gasteiger partial charge in [-0.15, -0.1) is 0 Å². The summed E-state index contributed by atoms with van der Waals surface area (Å²) in [6.07, 6.45) is 3.41. The van der Waals surface area contributed by atoms with Crippen LogP contribution in [0.5, 0.6) is 5.75 Å². The Morgan fingerprint density at radius 2 is 1.81 bits per heavy atom. The van der Waals surface area contributed by atoms with E-state index < -0.39 is 0 Å². The molecule has 1 saturated heterocycles. The van der Waals surface area contributed by atoms with E-state index in [0.717, 1.165) is 0 Å². The maximum Gasteiger partial charge on any atom is 0.242 e. The van der Waals surface area contributed by atoms with Crippen molar-refractivity contribution >= 4 is 23.5 Å². The second kappa shape index (κ2) is 8.48. The number of aromatic nitrogens is 2. The van der Waals surface area contributed by atoms with Crippen LogP contribution in [0.15, 0.2) is 42.7 Å². The first kappa shape index (κ1) is 18.6. The minimum Gasteiger partial charge on any atom is -0.497 e. The van der Waals surface area contributed by atoms with Crippen LogP contribution in [0.4, 0.5) is 11.6 Å². The van der Waals surface area contributed by atoms with Gasteiger partial charge in [-0.3, -0.25) is 9.59 Å². The lowest BCUT2D eigenvalue weighted by molar-refractivity contribution is -0.131. The number of rotatable bonds is 5. The van der Waals surface area contributed by atoms with Crippen molar-refractivity contribution < 1.29 is 14.3 Å². The Hall–Kier alpha value is -3.16. The van der Waals surface area contributed by atoms with Crippen LogP contribution in [0.1, 0.15) is 6.92 Å². The summed E-state index contributed by atoms with van der Waals surface area (Å²) >= 11 is 0. The molecular weight excluding hydrogens is 346 g/mol. The first-order valence-electron chi connectivity index (χ1n) is 8.80. The van der Waals surface area contributed by atoms with Crippen molar-refractivity contribution in [1.82, 2.24) is 14.9 Å².